The second-order valence-corrected chi connectivity index (χ2v) is 4.40. The van der Waals surface area contributed by atoms with Crippen LogP contribution in [0.25, 0.3) is 21.7 Å². The van der Waals surface area contributed by atoms with Crippen LogP contribution in [0.15, 0.2) is 41.1 Å². The molecule has 2 heteroatoms. The maximum Gasteiger partial charge on any atom is 0.167 e. The van der Waals surface area contributed by atoms with Crippen LogP contribution < -0.4 is 0 Å². The average molecular weight is 211 g/mol. The van der Waals surface area contributed by atoms with Gasteiger partial charge in [-0.3, -0.25) is 0 Å². The fourth-order valence-electron chi connectivity index (χ4n) is 2.24. The molecular formula is C14H13NO. The van der Waals surface area contributed by atoms with Gasteiger partial charge in [-0.1, -0.05) is 43.3 Å². The van der Waals surface area contributed by atoms with Gasteiger partial charge in [0.2, 0.25) is 0 Å². The molecule has 0 saturated carbocycles. The van der Waals surface area contributed by atoms with Crippen molar-refractivity contribution in [3.8, 4) is 0 Å². The van der Waals surface area contributed by atoms with Crippen LogP contribution in [-0.4, -0.2) is 5.16 Å². The van der Waals surface area contributed by atoms with E-state index in [1.165, 1.54) is 16.3 Å². The van der Waals surface area contributed by atoms with Gasteiger partial charge < -0.3 is 4.52 Å². The van der Waals surface area contributed by atoms with E-state index >= 15 is 0 Å². The fraction of sp³-hybridized carbons (Fsp3) is 0.214. The van der Waals surface area contributed by atoms with Crippen molar-refractivity contribution in [3.05, 3.63) is 42.1 Å². The van der Waals surface area contributed by atoms with Crippen LogP contribution in [0.5, 0.6) is 0 Å². The summed E-state index contributed by atoms with van der Waals surface area (Å²) < 4.78 is 5.18. The Morgan fingerprint density at radius 2 is 1.88 bits per heavy atom. The molecule has 0 aliphatic carbocycles. The molecule has 0 aliphatic rings. The highest BCUT2D eigenvalue weighted by Crippen LogP contribution is 2.30. The van der Waals surface area contributed by atoms with Crippen LogP contribution >= 0.6 is 0 Å². The molecule has 0 unspecified atom stereocenters. The van der Waals surface area contributed by atoms with Crippen molar-refractivity contribution in [1.29, 1.82) is 0 Å². The third-order valence-electron chi connectivity index (χ3n) is 3.05. The molecule has 1 aromatic heterocycles. The molecule has 0 N–H and O–H groups in total. The second kappa shape index (κ2) is 3.34. The van der Waals surface area contributed by atoms with E-state index in [9.17, 15) is 0 Å². The summed E-state index contributed by atoms with van der Waals surface area (Å²) in [6.45, 7) is 4.43. The number of rotatable bonds is 1. The minimum atomic E-state index is 0.529. The van der Waals surface area contributed by atoms with E-state index in [2.05, 4.69) is 43.3 Å². The second-order valence-electron chi connectivity index (χ2n) is 4.40. The summed E-state index contributed by atoms with van der Waals surface area (Å²) >= 11 is 0. The molecule has 0 radical (unpaired) electrons. The molecule has 0 spiro atoms. The lowest BCUT2D eigenvalue weighted by atomic mass is 9.95. The highest BCUT2D eigenvalue weighted by atomic mass is 16.5. The van der Waals surface area contributed by atoms with Gasteiger partial charge in [-0.25, -0.2) is 0 Å². The standard InChI is InChI=1S/C14H13NO/c1-9(2)10-4-3-5-11-12(10)6-7-14-13(11)8-15-16-14/h3-9H,1-2H3. The fourth-order valence-corrected chi connectivity index (χ4v) is 2.24. The molecule has 1 heterocycles. The lowest BCUT2D eigenvalue weighted by molar-refractivity contribution is 0.456. The maximum atomic E-state index is 5.18. The Balaban J connectivity index is 2.49. The monoisotopic (exact) mass is 211 g/mol. The zero-order chi connectivity index (χ0) is 11.1. The smallest absolute Gasteiger partial charge is 0.167 e. The van der Waals surface area contributed by atoms with Crippen molar-refractivity contribution in [2.75, 3.05) is 0 Å². The van der Waals surface area contributed by atoms with E-state index in [0.29, 0.717) is 5.92 Å². The molecule has 0 fully saturated rings. The molecule has 2 nitrogen and oxygen atoms in total. The molecule has 0 atom stereocenters. The predicted octanol–water partition coefficient (Wildman–Crippen LogP) is 4.10. The molecule has 0 bridgehead atoms. The van der Waals surface area contributed by atoms with Gasteiger partial charge in [-0.2, -0.15) is 0 Å². The summed E-state index contributed by atoms with van der Waals surface area (Å²) in [5.74, 6) is 0.529. The number of hydrogen-bond acceptors (Lipinski definition) is 2. The highest BCUT2D eigenvalue weighted by Gasteiger charge is 2.08. The molecule has 0 saturated heterocycles. The van der Waals surface area contributed by atoms with Gasteiger partial charge >= 0.3 is 0 Å². The van der Waals surface area contributed by atoms with Crippen molar-refractivity contribution in [3.63, 3.8) is 0 Å². The molecule has 0 aliphatic heterocycles. The third kappa shape index (κ3) is 1.23. The molecular weight excluding hydrogens is 198 g/mol. The van der Waals surface area contributed by atoms with Crippen LogP contribution in [0.1, 0.15) is 25.3 Å². The van der Waals surface area contributed by atoms with Gasteiger partial charge in [-0.15, -0.1) is 0 Å². The van der Waals surface area contributed by atoms with E-state index in [1.807, 2.05) is 6.07 Å². The zero-order valence-corrected chi connectivity index (χ0v) is 9.40. The Kier molecular flexibility index (Phi) is 1.96. The van der Waals surface area contributed by atoms with Gasteiger partial charge in [0.05, 0.1) is 6.20 Å². The van der Waals surface area contributed by atoms with Gasteiger partial charge in [0.25, 0.3) is 0 Å². The Morgan fingerprint density at radius 3 is 2.69 bits per heavy atom. The first kappa shape index (κ1) is 9.40. The average Bonchev–Trinajstić information content (AvgIpc) is 2.76. The quantitative estimate of drug-likeness (QED) is 0.605. The number of hydrogen-bond donors (Lipinski definition) is 0. The van der Waals surface area contributed by atoms with Crippen molar-refractivity contribution in [2.24, 2.45) is 0 Å². The molecule has 3 rings (SSSR count). The number of nitrogens with zero attached hydrogens (tertiary/aromatic N) is 1. The predicted molar refractivity (Wildman–Crippen MR) is 65.6 cm³/mol. The van der Waals surface area contributed by atoms with Crippen LogP contribution in [-0.2, 0) is 0 Å². The van der Waals surface area contributed by atoms with E-state index in [0.717, 1.165) is 11.0 Å². The number of aromatic nitrogens is 1. The largest absolute Gasteiger partial charge is 0.356 e. The first-order chi connectivity index (χ1) is 7.77. The van der Waals surface area contributed by atoms with Crippen LogP contribution in [0, 0.1) is 0 Å². The number of fused-ring (bicyclic) bond motifs is 3. The Morgan fingerprint density at radius 1 is 1.00 bits per heavy atom. The van der Waals surface area contributed by atoms with E-state index in [4.69, 9.17) is 4.52 Å². The maximum absolute atomic E-state index is 5.18. The highest BCUT2D eigenvalue weighted by molar-refractivity contribution is 6.06. The van der Waals surface area contributed by atoms with Crippen molar-refractivity contribution in [1.82, 2.24) is 5.16 Å². The van der Waals surface area contributed by atoms with E-state index < -0.39 is 0 Å². The summed E-state index contributed by atoms with van der Waals surface area (Å²) in [4.78, 5) is 0. The summed E-state index contributed by atoms with van der Waals surface area (Å²) in [5, 5.41) is 7.47. The Bertz CT molecular complexity index is 652. The molecule has 3 aromatic rings. The normalized spacial score (nSPS) is 11.7. The van der Waals surface area contributed by atoms with Crippen molar-refractivity contribution < 1.29 is 4.52 Å². The summed E-state index contributed by atoms with van der Waals surface area (Å²) in [6.07, 6.45) is 1.79. The van der Waals surface area contributed by atoms with Gasteiger partial charge in [0.15, 0.2) is 5.58 Å². The van der Waals surface area contributed by atoms with Crippen molar-refractivity contribution >= 4 is 21.7 Å². The lowest BCUT2D eigenvalue weighted by Gasteiger charge is -2.09. The van der Waals surface area contributed by atoms with Crippen LogP contribution in [0.4, 0.5) is 0 Å². The molecule has 16 heavy (non-hydrogen) atoms. The number of benzene rings is 2. The third-order valence-corrected chi connectivity index (χ3v) is 3.05. The Hall–Kier alpha value is -1.83. The lowest BCUT2D eigenvalue weighted by Crippen LogP contribution is -1.88. The van der Waals surface area contributed by atoms with Gasteiger partial charge in [0.1, 0.15) is 0 Å². The van der Waals surface area contributed by atoms with Gasteiger partial charge in [-0.05, 0) is 28.3 Å². The first-order valence-electron chi connectivity index (χ1n) is 5.53. The summed E-state index contributed by atoms with van der Waals surface area (Å²) in [5.41, 5.74) is 2.23. The van der Waals surface area contributed by atoms with Crippen LogP contribution in [0.3, 0.4) is 0 Å². The summed E-state index contributed by atoms with van der Waals surface area (Å²) in [7, 11) is 0. The van der Waals surface area contributed by atoms with E-state index in [1.54, 1.807) is 6.20 Å². The zero-order valence-electron chi connectivity index (χ0n) is 9.40. The minimum Gasteiger partial charge on any atom is -0.356 e. The topological polar surface area (TPSA) is 26.0 Å². The van der Waals surface area contributed by atoms with Crippen LogP contribution in [0.2, 0.25) is 0 Å². The molecule has 80 valence electrons. The Labute approximate surface area is 93.9 Å². The van der Waals surface area contributed by atoms with Gasteiger partial charge in [0, 0.05) is 5.39 Å². The SMILES string of the molecule is CC(C)c1cccc2c1ccc1oncc12. The van der Waals surface area contributed by atoms with E-state index in [-0.39, 0.29) is 0 Å². The molecule has 0 amide bonds. The van der Waals surface area contributed by atoms with Crippen molar-refractivity contribution in [2.45, 2.75) is 19.8 Å². The molecule has 2 aromatic carbocycles. The first-order valence-corrected chi connectivity index (χ1v) is 5.53. The minimum absolute atomic E-state index is 0.529. The summed E-state index contributed by atoms with van der Waals surface area (Å²) in [6, 6.07) is 10.5.